The first-order valence-corrected chi connectivity index (χ1v) is 8.38. The second kappa shape index (κ2) is 6.23. The summed E-state index contributed by atoms with van der Waals surface area (Å²) in [7, 11) is 0. The van der Waals surface area contributed by atoms with Gasteiger partial charge in [-0.3, -0.25) is 0 Å². The second-order valence-corrected chi connectivity index (χ2v) is 6.96. The van der Waals surface area contributed by atoms with Gasteiger partial charge >= 0.3 is 0 Å². The van der Waals surface area contributed by atoms with E-state index in [0.717, 1.165) is 18.1 Å². The molecule has 0 fully saturated rings. The fraction of sp³-hybridized carbons (Fsp3) is 0.450. The quantitative estimate of drug-likeness (QED) is 0.828. The second-order valence-electron chi connectivity index (χ2n) is 6.96. The minimum absolute atomic E-state index is 0.274. The van der Waals surface area contributed by atoms with Crippen molar-refractivity contribution < 1.29 is 4.74 Å². The third-order valence-electron chi connectivity index (χ3n) is 4.66. The van der Waals surface area contributed by atoms with E-state index in [9.17, 15) is 0 Å². The predicted octanol–water partition coefficient (Wildman–Crippen LogP) is 4.26. The number of aryl methyl sites for hydroxylation is 3. The van der Waals surface area contributed by atoms with Crippen LogP contribution in [0.2, 0.25) is 0 Å². The fourth-order valence-electron chi connectivity index (χ4n) is 3.25. The van der Waals surface area contributed by atoms with Gasteiger partial charge in [-0.1, -0.05) is 31.5 Å². The molecule has 23 heavy (non-hydrogen) atoms. The maximum absolute atomic E-state index is 5.86. The molecule has 0 bridgehead atoms. The molecule has 0 unspecified atom stereocenters. The summed E-state index contributed by atoms with van der Waals surface area (Å²) in [4.78, 5) is 4.76. The zero-order chi connectivity index (χ0) is 16.6. The maximum Gasteiger partial charge on any atom is 0.233 e. The molecule has 0 amide bonds. The highest BCUT2D eigenvalue weighted by Gasteiger charge is 2.24. The molecule has 3 heteroatoms. The van der Waals surface area contributed by atoms with Gasteiger partial charge in [0.05, 0.1) is 6.04 Å². The third kappa shape index (κ3) is 3.19. The lowest BCUT2D eigenvalue weighted by Gasteiger charge is -2.14. The number of aliphatic imine (C=N–C) groups is 1. The van der Waals surface area contributed by atoms with Crippen molar-refractivity contribution in [2.45, 2.75) is 47.2 Å². The normalized spacial score (nSPS) is 17.5. The van der Waals surface area contributed by atoms with Crippen LogP contribution in [0.5, 0.6) is 0 Å². The molecule has 0 spiro atoms. The van der Waals surface area contributed by atoms with E-state index in [1.54, 1.807) is 0 Å². The smallest absolute Gasteiger partial charge is 0.233 e. The van der Waals surface area contributed by atoms with Crippen molar-refractivity contribution in [2.24, 2.45) is 10.9 Å². The average Bonchev–Trinajstić information content (AvgIpc) is 3.11. The predicted molar refractivity (Wildman–Crippen MR) is 95.3 cm³/mol. The molecule has 1 aliphatic rings. The van der Waals surface area contributed by atoms with E-state index in [0.29, 0.717) is 12.5 Å². The first kappa shape index (κ1) is 15.9. The van der Waals surface area contributed by atoms with Crippen LogP contribution >= 0.6 is 0 Å². The van der Waals surface area contributed by atoms with Crippen LogP contribution in [0.1, 0.15) is 41.8 Å². The monoisotopic (exact) mass is 310 g/mol. The van der Waals surface area contributed by atoms with Gasteiger partial charge in [-0.2, -0.15) is 0 Å². The van der Waals surface area contributed by atoms with E-state index in [-0.39, 0.29) is 6.04 Å². The van der Waals surface area contributed by atoms with Gasteiger partial charge in [0, 0.05) is 12.7 Å². The number of benzene rings is 1. The average molecular weight is 310 g/mol. The summed E-state index contributed by atoms with van der Waals surface area (Å²) in [5.41, 5.74) is 6.47. The maximum atomic E-state index is 5.86. The number of ether oxygens (including phenoxy) is 1. The van der Waals surface area contributed by atoms with Crippen molar-refractivity contribution in [2.75, 3.05) is 6.61 Å². The van der Waals surface area contributed by atoms with Crippen LogP contribution in [0.15, 0.2) is 35.5 Å². The van der Waals surface area contributed by atoms with E-state index in [1.165, 1.54) is 22.3 Å². The Hall–Kier alpha value is -2.03. The minimum Gasteiger partial charge on any atom is -0.474 e. The van der Waals surface area contributed by atoms with Crippen molar-refractivity contribution in [1.29, 1.82) is 0 Å². The molecule has 122 valence electrons. The number of hydrogen-bond acceptors (Lipinski definition) is 2. The highest BCUT2D eigenvalue weighted by Crippen LogP contribution is 2.21. The first-order chi connectivity index (χ1) is 11.0. The van der Waals surface area contributed by atoms with Gasteiger partial charge in [0.2, 0.25) is 5.90 Å². The minimum atomic E-state index is 0.274. The Balaban J connectivity index is 1.90. The largest absolute Gasteiger partial charge is 0.474 e. The van der Waals surface area contributed by atoms with Gasteiger partial charge in [-0.25, -0.2) is 4.99 Å². The van der Waals surface area contributed by atoms with Crippen molar-refractivity contribution in [3.05, 3.63) is 58.4 Å². The molecular formula is C20H26N2O. The first-order valence-electron chi connectivity index (χ1n) is 8.38. The Bertz CT molecular complexity index is 717. The van der Waals surface area contributed by atoms with E-state index < -0.39 is 0 Å². The van der Waals surface area contributed by atoms with Gasteiger partial charge in [-0.15, -0.1) is 0 Å². The molecule has 0 saturated heterocycles. The fourth-order valence-corrected chi connectivity index (χ4v) is 3.25. The zero-order valence-corrected chi connectivity index (χ0v) is 14.8. The molecule has 1 aromatic heterocycles. The third-order valence-corrected chi connectivity index (χ3v) is 4.66. The van der Waals surface area contributed by atoms with E-state index in [2.05, 4.69) is 69.6 Å². The van der Waals surface area contributed by atoms with E-state index in [1.807, 2.05) is 0 Å². The van der Waals surface area contributed by atoms with Crippen LogP contribution in [0, 0.1) is 26.7 Å². The van der Waals surface area contributed by atoms with Crippen LogP contribution in [-0.4, -0.2) is 23.1 Å². The van der Waals surface area contributed by atoms with Crippen molar-refractivity contribution in [1.82, 2.24) is 4.57 Å². The lowest BCUT2D eigenvalue weighted by molar-refractivity contribution is 0.290. The zero-order valence-electron chi connectivity index (χ0n) is 14.8. The van der Waals surface area contributed by atoms with Gasteiger partial charge in [0.1, 0.15) is 12.3 Å². The molecule has 2 aromatic rings. The molecule has 0 radical (unpaired) electrons. The summed E-state index contributed by atoms with van der Waals surface area (Å²) in [6.45, 7) is 12.5. The van der Waals surface area contributed by atoms with Crippen molar-refractivity contribution in [3.8, 4) is 0 Å². The van der Waals surface area contributed by atoms with Gasteiger partial charge in [-0.05, 0) is 55.5 Å². The van der Waals surface area contributed by atoms with Crippen LogP contribution in [0.25, 0.3) is 0 Å². The molecule has 2 heterocycles. The topological polar surface area (TPSA) is 26.5 Å². The standard InChI is InChI=1S/C20H26N2O/c1-13(2)18-12-23-20(21-18)19-7-6-8-22(19)11-17-15(4)9-14(3)10-16(17)5/h6-10,13,18H,11-12H2,1-5H3/t18-/m1/s1. The number of rotatable bonds is 4. The van der Waals surface area contributed by atoms with Gasteiger partial charge in [0.15, 0.2) is 0 Å². The number of nitrogens with zero attached hydrogens (tertiary/aromatic N) is 2. The summed E-state index contributed by atoms with van der Waals surface area (Å²) in [5, 5.41) is 0. The Labute approximate surface area is 139 Å². The molecule has 3 nitrogen and oxygen atoms in total. The molecule has 0 aliphatic carbocycles. The summed E-state index contributed by atoms with van der Waals surface area (Å²) < 4.78 is 8.10. The molecule has 1 aromatic carbocycles. The Morgan fingerprint density at radius 2 is 1.91 bits per heavy atom. The van der Waals surface area contributed by atoms with Crippen LogP contribution in [0.3, 0.4) is 0 Å². The van der Waals surface area contributed by atoms with E-state index >= 15 is 0 Å². The van der Waals surface area contributed by atoms with Crippen molar-refractivity contribution in [3.63, 3.8) is 0 Å². The summed E-state index contributed by atoms with van der Waals surface area (Å²) in [6.07, 6.45) is 2.11. The highest BCUT2D eigenvalue weighted by atomic mass is 16.5. The summed E-state index contributed by atoms with van der Waals surface area (Å²) >= 11 is 0. The molecule has 0 saturated carbocycles. The molecule has 1 atom stereocenters. The van der Waals surface area contributed by atoms with Gasteiger partial charge < -0.3 is 9.30 Å². The molecule has 1 aliphatic heterocycles. The number of hydrogen-bond donors (Lipinski definition) is 0. The molecular weight excluding hydrogens is 284 g/mol. The van der Waals surface area contributed by atoms with Gasteiger partial charge in [0.25, 0.3) is 0 Å². The Morgan fingerprint density at radius 3 is 2.52 bits per heavy atom. The van der Waals surface area contributed by atoms with Crippen LogP contribution < -0.4 is 0 Å². The summed E-state index contributed by atoms with van der Waals surface area (Å²) in [6, 6.07) is 8.95. The van der Waals surface area contributed by atoms with E-state index in [4.69, 9.17) is 9.73 Å². The Kier molecular flexibility index (Phi) is 4.29. The van der Waals surface area contributed by atoms with Crippen molar-refractivity contribution >= 4 is 5.90 Å². The lowest BCUT2D eigenvalue weighted by atomic mass is 10.00. The SMILES string of the molecule is Cc1cc(C)c(Cn2cccc2C2=N[C@@H](C(C)C)CO2)c(C)c1. The van der Waals surface area contributed by atoms with Crippen LogP contribution in [-0.2, 0) is 11.3 Å². The highest BCUT2D eigenvalue weighted by molar-refractivity contribution is 5.93. The Morgan fingerprint density at radius 1 is 1.22 bits per heavy atom. The molecule has 3 rings (SSSR count). The van der Waals surface area contributed by atoms with Crippen LogP contribution in [0.4, 0.5) is 0 Å². The number of aromatic nitrogens is 1. The lowest BCUT2D eigenvalue weighted by Crippen LogP contribution is -2.13. The molecule has 0 N–H and O–H groups in total. The summed E-state index contributed by atoms with van der Waals surface area (Å²) in [5.74, 6) is 1.30.